The Labute approximate surface area is 174 Å². The summed E-state index contributed by atoms with van der Waals surface area (Å²) in [5.41, 5.74) is 1.14. The number of piperazine rings is 1. The van der Waals surface area contributed by atoms with E-state index in [1.54, 1.807) is 16.2 Å². The molecule has 1 amide bonds. The van der Waals surface area contributed by atoms with E-state index in [0.29, 0.717) is 6.54 Å². The third-order valence-corrected chi connectivity index (χ3v) is 7.16. The Hall–Kier alpha value is -1.99. The highest BCUT2D eigenvalue weighted by Gasteiger charge is 2.26. The van der Waals surface area contributed by atoms with Crippen molar-refractivity contribution >= 4 is 28.6 Å². The maximum atomic E-state index is 12.8. The Kier molecular flexibility index (Phi) is 6.54. The van der Waals surface area contributed by atoms with Gasteiger partial charge in [-0.1, -0.05) is 42.5 Å². The van der Waals surface area contributed by atoms with Crippen molar-refractivity contribution in [1.29, 1.82) is 0 Å². The van der Waals surface area contributed by atoms with Crippen LogP contribution >= 0.6 is 22.7 Å². The molecule has 1 saturated heterocycles. The van der Waals surface area contributed by atoms with Crippen molar-refractivity contribution in [1.82, 2.24) is 5.32 Å². The molecule has 1 aliphatic rings. The number of rotatable bonds is 7. The second kappa shape index (κ2) is 9.47. The molecule has 4 rings (SSSR count). The number of benzene rings is 1. The fraction of sp³-hybridized carbons (Fsp3) is 0.318. The van der Waals surface area contributed by atoms with Gasteiger partial charge in [0, 0.05) is 4.88 Å². The van der Waals surface area contributed by atoms with Crippen LogP contribution in [0.5, 0.6) is 0 Å². The van der Waals surface area contributed by atoms with Crippen LogP contribution in [0.3, 0.4) is 0 Å². The molecule has 1 fully saturated rings. The van der Waals surface area contributed by atoms with E-state index < -0.39 is 0 Å². The van der Waals surface area contributed by atoms with E-state index in [4.69, 9.17) is 0 Å². The molecule has 0 spiro atoms. The first-order chi connectivity index (χ1) is 13.8. The highest BCUT2D eigenvalue weighted by molar-refractivity contribution is 7.10. The third-order valence-electron chi connectivity index (χ3n) is 5.35. The molecular formula is C22H27N3OS2+2. The zero-order chi connectivity index (χ0) is 19.2. The van der Waals surface area contributed by atoms with E-state index in [9.17, 15) is 4.79 Å². The molecular weight excluding hydrogens is 386 g/mol. The predicted octanol–water partition coefficient (Wildman–Crippen LogP) is 0.999. The molecule has 146 valence electrons. The first kappa shape index (κ1) is 19.3. The number of thiophene rings is 2. The second-order valence-corrected chi connectivity index (χ2v) is 9.37. The summed E-state index contributed by atoms with van der Waals surface area (Å²) in [5, 5.41) is 7.49. The van der Waals surface area contributed by atoms with Gasteiger partial charge >= 0.3 is 0 Å². The minimum absolute atomic E-state index is 0.0566. The quantitative estimate of drug-likeness (QED) is 0.531. The first-order valence-corrected chi connectivity index (χ1v) is 11.6. The maximum absolute atomic E-state index is 12.8. The van der Waals surface area contributed by atoms with Gasteiger partial charge in [-0.25, -0.2) is 0 Å². The number of carbonyl (C=O) groups is 1. The molecule has 1 aliphatic heterocycles. The third kappa shape index (κ3) is 5.08. The highest BCUT2D eigenvalue weighted by Crippen LogP contribution is 2.25. The SMILES string of the molecule is O=C(C[NH+]1CC[NH+](Cc2cccs2)CC1)N[C@H](c1ccccc1)c1cccs1. The van der Waals surface area contributed by atoms with Gasteiger partial charge in [-0.05, 0) is 28.5 Å². The molecule has 0 unspecified atom stereocenters. The number of quaternary nitrogens is 2. The molecule has 1 aromatic carbocycles. The van der Waals surface area contributed by atoms with Crippen molar-refractivity contribution < 1.29 is 14.6 Å². The lowest BCUT2D eigenvalue weighted by atomic mass is 10.1. The van der Waals surface area contributed by atoms with Crippen LogP contribution in [0.4, 0.5) is 0 Å². The van der Waals surface area contributed by atoms with Crippen LogP contribution in [0, 0.1) is 0 Å². The van der Waals surface area contributed by atoms with Crippen molar-refractivity contribution in [3.8, 4) is 0 Å². The summed E-state index contributed by atoms with van der Waals surface area (Å²) in [7, 11) is 0. The standard InChI is InChI=1S/C22H25N3OS2/c26-21(17-25-12-10-24(11-13-25)16-19-8-4-14-27-19)23-22(20-9-5-15-28-20)18-6-2-1-3-7-18/h1-9,14-15,22H,10-13,16-17H2,(H,23,26)/p+2/t22-/m1/s1. The molecule has 3 N–H and O–H groups in total. The smallest absolute Gasteiger partial charge is 0.275 e. The molecule has 3 heterocycles. The van der Waals surface area contributed by atoms with Crippen LogP contribution in [0.2, 0.25) is 0 Å². The average molecular weight is 414 g/mol. The van der Waals surface area contributed by atoms with Gasteiger partial charge in [0.25, 0.3) is 5.91 Å². The number of hydrogen-bond acceptors (Lipinski definition) is 3. The number of carbonyl (C=O) groups excluding carboxylic acids is 1. The molecule has 0 saturated carbocycles. The summed E-state index contributed by atoms with van der Waals surface area (Å²) < 4.78 is 0. The summed E-state index contributed by atoms with van der Waals surface area (Å²) in [5.74, 6) is 0.138. The Balaban J connectivity index is 1.31. The van der Waals surface area contributed by atoms with Crippen molar-refractivity contribution in [2.45, 2.75) is 12.6 Å². The molecule has 0 aliphatic carbocycles. The van der Waals surface area contributed by atoms with Crippen molar-refractivity contribution in [3.63, 3.8) is 0 Å². The van der Waals surface area contributed by atoms with E-state index in [2.05, 4.69) is 46.4 Å². The molecule has 0 radical (unpaired) electrons. The van der Waals surface area contributed by atoms with Gasteiger partial charge in [0.1, 0.15) is 32.7 Å². The minimum Gasteiger partial charge on any atom is -0.339 e. The lowest BCUT2D eigenvalue weighted by Gasteiger charge is -2.29. The fourth-order valence-corrected chi connectivity index (χ4v) is 5.41. The largest absolute Gasteiger partial charge is 0.339 e. The highest BCUT2D eigenvalue weighted by atomic mass is 32.1. The topological polar surface area (TPSA) is 38.0 Å². The summed E-state index contributed by atoms with van der Waals surface area (Å²) in [6.45, 7) is 6.06. The normalized spacial score (nSPS) is 20.6. The lowest BCUT2D eigenvalue weighted by Crippen LogP contribution is -3.28. The van der Waals surface area contributed by atoms with Gasteiger partial charge < -0.3 is 15.1 Å². The second-order valence-electron chi connectivity index (χ2n) is 7.36. The van der Waals surface area contributed by atoms with Gasteiger partial charge in [0.15, 0.2) is 6.54 Å². The Morgan fingerprint density at radius 3 is 2.29 bits per heavy atom. The maximum Gasteiger partial charge on any atom is 0.275 e. The molecule has 4 nitrogen and oxygen atoms in total. The van der Waals surface area contributed by atoms with Crippen LogP contribution < -0.4 is 15.1 Å². The Bertz CT molecular complexity index is 841. The van der Waals surface area contributed by atoms with Crippen LogP contribution in [-0.4, -0.2) is 38.6 Å². The van der Waals surface area contributed by atoms with Gasteiger partial charge in [0.05, 0.1) is 10.9 Å². The number of hydrogen-bond donors (Lipinski definition) is 3. The minimum atomic E-state index is -0.0566. The van der Waals surface area contributed by atoms with E-state index >= 15 is 0 Å². The average Bonchev–Trinajstić information content (AvgIpc) is 3.43. The summed E-state index contributed by atoms with van der Waals surface area (Å²) in [6, 6.07) is 18.7. The molecule has 28 heavy (non-hydrogen) atoms. The fourth-order valence-electron chi connectivity index (χ4n) is 3.83. The number of nitrogens with one attached hydrogen (secondary N) is 3. The Morgan fingerprint density at radius 2 is 1.61 bits per heavy atom. The van der Waals surface area contributed by atoms with Crippen molar-refractivity contribution in [3.05, 3.63) is 80.7 Å². The van der Waals surface area contributed by atoms with Gasteiger partial charge in [-0.3, -0.25) is 4.79 Å². The molecule has 3 aromatic rings. The molecule has 1 atom stereocenters. The van der Waals surface area contributed by atoms with E-state index in [0.717, 1.165) is 38.3 Å². The van der Waals surface area contributed by atoms with Gasteiger partial charge in [0.2, 0.25) is 0 Å². The van der Waals surface area contributed by atoms with Crippen LogP contribution in [0.25, 0.3) is 0 Å². The van der Waals surface area contributed by atoms with Crippen molar-refractivity contribution in [2.75, 3.05) is 32.7 Å². The predicted molar refractivity (Wildman–Crippen MR) is 115 cm³/mol. The summed E-state index contributed by atoms with van der Waals surface area (Å²) in [4.78, 5) is 18.5. The van der Waals surface area contributed by atoms with E-state index in [1.165, 1.54) is 14.7 Å². The van der Waals surface area contributed by atoms with E-state index in [1.807, 2.05) is 35.6 Å². The number of amides is 1. The monoisotopic (exact) mass is 413 g/mol. The van der Waals surface area contributed by atoms with Crippen LogP contribution in [0.1, 0.15) is 21.4 Å². The summed E-state index contributed by atoms with van der Waals surface area (Å²) in [6.07, 6.45) is 0. The molecule has 2 aromatic heterocycles. The lowest BCUT2D eigenvalue weighted by molar-refractivity contribution is -1.01. The van der Waals surface area contributed by atoms with E-state index in [-0.39, 0.29) is 11.9 Å². The first-order valence-electron chi connectivity index (χ1n) is 9.85. The van der Waals surface area contributed by atoms with Crippen LogP contribution in [0.15, 0.2) is 65.4 Å². The van der Waals surface area contributed by atoms with Gasteiger partial charge in [-0.2, -0.15) is 0 Å². The molecule has 0 bridgehead atoms. The summed E-state index contributed by atoms with van der Waals surface area (Å²) >= 11 is 3.53. The zero-order valence-electron chi connectivity index (χ0n) is 15.9. The Morgan fingerprint density at radius 1 is 0.893 bits per heavy atom. The van der Waals surface area contributed by atoms with Crippen molar-refractivity contribution in [2.24, 2.45) is 0 Å². The molecule has 6 heteroatoms. The zero-order valence-corrected chi connectivity index (χ0v) is 17.5. The van der Waals surface area contributed by atoms with Gasteiger partial charge in [-0.15, -0.1) is 22.7 Å². The van der Waals surface area contributed by atoms with Crippen LogP contribution in [-0.2, 0) is 11.3 Å².